The minimum absolute atomic E-state index is 0.0524. The zero-order valence-corrected chi connectivity index (χ0v) is 13.8. The molecule has 1 N–H and O–H groups in total. The van der Waals surface area contributed by atoms with Crippen LogP contribution in [0.2, 0.25) is 0 Å². The first kappa shape index (κ1) is 16.5. The number of nitrogens with one attached hydrogen (secondary N) is 1. The molecule has 120 valence electrons. The fourth-order valence-corrected chi connectivity index (χ4v) is 2.87. The molecule has 4 nitrogen and oxygen atoms in total. The van der Waals surface area contributed by atoms with Crippen LogP contribution >= 0.6 is 0 Å². The highest BCUT2D eigenvalue weighted by molar-refractivity contribution is 5.98. The summed E-state index contributed by atoms with van der Waals surface area (Å²) in [6, 6.07) is 7.01. The maximum absolute atomic E-state index is 12.7. The van der Waals surface area contributed by atoms with Crippen molar-refractivity contribution >= 4 is 11.8 Å². The number of piperidine rings is 1. The Morgan fingerprint density at radius 3 is 2.32 bits per heavy atom. The number of nitrogens with zero attached hydrogens (tertiary/aromatic N) is 1. The van der Waals surface area contributed by atoms with Crippen LogP contribution in [0.5, 0.6) is 0 Å². The normalized spacial score (nSPS) is 16.5. The summed E-state index contributed by atoms with van der Waals surface area (Å²) in [4.78, 5) is 27.1. The molecule has 0 spiro atoms. The molecule has 1 aromatic carbocycles. The summed E-state index contributed by atoms with van der Waals surface area (Å²) in [5, 5.41) is 2.94. The number of aryl methyl sites for hydroxylation is 1. The average Bonchev–Trinajstić information content (AvgIpc) is 2.52. The lowest BCUT2D eigenvalue weighted by atomic mass is 10.00. The van der Waals surface area contributed by atoms with Crippen LogP contribution in [0.25, 0.3) is 0 Å². The lowest BCUT2D eigenvalue weighted by Gasteiger charge is -2.32. The Kier molecular flexibility index (Phi) is 5.58. The van der Waals surface area contributed by atoms with Crippen LogP contribution in [-0.2, 0) is 4.79 Å². The van der Waals surface area contributed by atoms with Crippen LogP contribution in [0, 0.1) is 12.8 Å². The van der Waals surface area contributed by atoms with Crippen molar-refractivity contribution in [3.63, 3.8) is 0 Å². The Morgan fingerprint density at radius 2 is 1.73 bits per heavy atom. The van der Waals surface area contributed by atoms with E-state index >= 15 is 0 Å². The van der Waals surface area contributed by atoms with Gasteiger partial charge in [0, 0.05) is 18.7 Å². The molecule has 1 aromatic rings. The van der Waals surface area contributed by atoms with Crippen LogP contribution in [0.15, 0.2) is 24.3 Å². The van der Waals surface area contributed by atoms with E-state index in [1.54, 1.807) is 6.07 Å². The molecule has 1 aliphatic rings. The minimum Gasteiger partial charge on any atom is -0.341 e. The Hall–Kier alpha value is -1.84. The number of carbonyl (C=O) groups is 2. The highest BCUT2D eigenvalue weighted by Gasteiger charge is 2.29. The molecule has 0 unspecified atom stereocenters. The average molecular weight is 302 g/mol. The van der Waals surface area contributed by atoms with E-state index in [1.807, 2.05) is 43.9 Å². The molecule has 1 saturated heterocycles. The van der Waals surface area contributed by atoms with Gasteiger partial charge in [0.25, 0.3) is 5.91 Å². The van der Waals surface area contributed by atoms with E-state index in [4.69, 9.17) is 0 Å². The quantitative estimate of drug-likeness (QED) is 0.929. The van der Waals surface area contributed by atoms with Crippen LogP contribution < -0.4 is 5.32 Å². The molecule has 1 heterocycles. The SMILES string of the molecule is Cc1ccccc1C(=O)N[C@H](C(=O)N1CCCCC1)C(C)C. The minimum atomic E-state index is -0.454. The molecule has 22 heavy (non-hydrogen) atoms. The second-order valence-electron chi connectivity index (χ2n) is 6.40. The summed E-state index contributed by atoms with van der Waals surface area (Å²) in [5.41, 5.74) is 1.56. The first-order valence-corrected chi connectivity index (χ1v) is 8.16. The number of hydrogen-bond acceptors (Lipinski definition) is 2. The van der Waals surface area contributed by atoms with Gasteiger partial charge in [0.1, 0.15) is 6.04 Å². The Labute approximate surface area is 132 Å². The van der Waals surface area contributed by atoms with Crippen molar-refractivity contribution in [2.24, 2.45) is 5.92 Å². The molecule has 2 amide bonds. The van der Waals surface area contributed by atoms with Crippen molar-refractivity contribution in [1.82, 2.24) is 10.2 Å². The number of amides is 2. The van der Waals surface area contributed by atoms with Gasteiger partial charge >= 0.3 is 0 Å². The predicted octanol–water partition coefficient (Wildman–Crippen LogP) is 2.76. The molecular formula is C18H26N2O2. The van der Waals surface area contributed by atoms with E-state index < -0.39 is 6.04 Å². The van der Waals surface area contributed by atoms with Gasteiger partial charge in [-0.3, -0.25) is 9.59 Å². The molecule has 2 rings (SSSR count). The van der Waals surface area contributed by atoms with E-state index in [1.165, 1.54) is 6.42 Å². The van der Waals surface area contributed by atoms with E-state index in [-0.39, 0.29) is 17.7 Å². The van der Waals surface area contributed by atoms with Crippen LogP contribution in [-0.4, -0.2) is 35.8 Å². The maximum atomic E-state index is 12.7. The zero-order chi connectivity index (χ0) is 16.1. The molecule has 0 aliphatic carbocycles. The molecule has 4 heteroatoms. The van der Waals surface area contributed by atoms with Crippen molar-refractivity contribution in [2.45, 2.75) is 46.1 Å². The molecule has 0 saturated carbocycles. The van der Waals surface area contributed by atoms with Gasteiger partial charge in [-0.1, -0.05) is 32.0 Å². The fraction of sp³-hybridized carbons (Fsp3) is 0.556. The van der Waals surface area contributed by atoms with Crippen LogP contribution in [0.1, 0.15) is 49.0 Å². The lowest BCUT2D eigenvalue weighted by Crippen LogP contribution is -2.52. The fourth-order valence-electron chi connectivity index (χ4n) is 2.87. The Morgan fingerprint density at radius 1 is 1.09 bits per heavy atom. The zero-order valence-electron chi connectivity index (χ0n) is 13.8. The molecule has 1 fully saturated rings. The number of hydrogen-bond donors (Lipinski definition) is 1. The van der Waals surface area contributed by atoms with Crippen LogP contribution in [0.4, 0.5) is 0 Å². The molecule has 0 bridgehead atoms. The van der Waals surface area contributed by atoms with Crippen molar-refractivity contribution in [3.8, 4) is 0 Å². The Balaban J connectivity index is 2.10. The summed E-state index contributed by atoms with van der Waals surface area (Å²) in [6.07, 6.45) is 3.30. The molecule has 0 radical (unpaired) electrons. The number of benzene rings is 1. The summed E-state index contributed by atoms with van der Waals surface area (Å²) in [7, 11) is 0. The van der Waals surface area contributed by atoms with Gasteiger partial charge in [-0.15, -0.1) is 0 Å². The van der Waals surface area contributed by atoms with Crippen LogP contribution in [0.3, 0.4) is 0 Å². The van der Waals surface area contributed by atoms with Gasteiger partial charge in [-0.2, -0.15) is 0 Å². The largest absolute Gasteiger partial charge is 0.341 e. The van der Waals surface area contributed by atoms with Gasteiger partial charge in [0.05, 0.1) is 0 Å². The van der Waals surface area contributed by atoms with E-state index in [2.05, 4.69) is 5.32 Å². The maximum Gasteiger partial charge on any atom is 0.252 e. The number of likely N-dealkylation sites (tertiary alicyclic amines) is 1. The van der Waals surface area contributed by atoms with Gasteiger partial charge in [0.2, 0.25) is 5.91 Å². The third-order valence-corrected chi connectivity index (χ3v) is 4.28. The van der Waals surface area contributed by atoms with E-state index in [0.717, 1.165) is 31.5 Å². The third kappa shape index (κ3) is 3.87. The topological polar surface area (TPSA) is 49.4 Å². The van der Waals surface area contributed by atoms with Crippen molar-refractivity contribution < 1.29 is 9.59 Å². The monoisotopic (exact) mass is 302 g/mol. The standard InChI is InChI=1S/C18H26N2O2/c1-13(2)16(18(22)20-11-7-4-8-12-20)19-17(21)15-10-6-5-9-14(15)3/h5-6,9-10,13,16H,4,7-8,11-12H2,1-3H3,(H,19,21)/t16-/m0/s1. The van der Waals surface area contributed by atoms with Gasteiger partial charge in [-0.25, -0.2) is 0 Å². The number of rotatable bonds is 4. The van der Waals surface area contributed by atoms with Crippen molar-refractivity contribution in [1.29, 1.82) is 0 Å². The highest BCUT2D eigenvalue weighted by Crippen LogP contribution is 2.15. The Bertz CT molecular complexity index is 534. The summed E-state index contributed by atoms with van der Waals surface area (Å²) in [5.74, 6) is -0.0406. The molecule has 0 aromatic heterocycles. The molecule has 1 atom stereocenters. The summed E-state index contributed by atoms with van der Waals surface area (Å²) in [6.45, 7) is 7.48. The molecule has 1 aliphatic heterocycles. The first-order chi connectivity index (χ1) is 10.5. The van der Waals surface area contributed by atoms with E-state index in [0.29, 0.717) is 5.56 Å². The van der Waals surface area contributed by atoms with E-state index in [9.17, 15) is 9.59 Å². The second-order valence-corrected chi connectivity index (χ2v) is 6.40. The van der Waals surface area contributed by atoms with Crippen molar-refractivity contribution in [2.75, 3.05) is 13.1 Å². The molecular weight excluding hydrogens is 276 g/mol. The first-order valence-electron chi connectivity index (χ1n) is 8.16. The van der Waals surface area contributed by atoms with Gasteiger partial charge < -0.3 is 10.2 Å². The highest BCUT2D eigenvalue weighted by atomic mass is 16.2. The third-order valence-electron chi connectivity index (χ3n) is 4.28. The lowest BCUT2D eigenvalue weighted by molar-refractivity contribution is -0.135. The van der Waals surface area contributed by atoms with Gasteiger partial charge in [-0.05, 0) is 43.7 Å². The second kappa shape index (κ2) is 7.43. The summed E-state index contributed by atoms with van der Waals surface area (Å²) < 4.78 is 0. The van der Waals surface area contributed by atoms with Crippen molar-refractivity contribution in [3.05, 3.63) is 35.4 Å². The van der Waals surface area contributed by atoms with Gasteiger partial charge in [0.15, 0.2) is 0 Å². The summed E-state index contributed by atoms with van der Waals surface area (Å²) >= 11 is 0. The number of carbonyl (C=O) groups excluding carboxylic acids is 2. The predicted molar refractivity (Wildman–Crippen MR) is 87.7 cm³/mol. The smallest absolute Gasteiger partial charge is 0.252 e.